The maximum atomic E-state index is 11.9. The molecule has 0 aromatic heterocycles. The molecule has 1 rings (SSSR count). The summed E-state index contributed by atoms with van der Waals surface area (Å²) in [6, 6.07) is 0. The molecule has 1 fully saturated rings. The van der Waals surface area contributed by atoms with Crippen LogP contribution in [0.5, 0.6) is 0 Å². The van der Waals surface area contributed by atoms with Crippen LogP contribution in [0.2, 0.25) is 0 Å². The van der Waals surface area contributed by atoms with Crippen molar-refractivity contribution in [1.82, 2.24) is 9.80 Å². The average Bonchev–Trinajstić information content (AvgIpc) is 2.14. The van der Waals surface area contributed by atoms with E-state index >= 15 is 0 Å². The summed E-state index contributed by atoms with van der Waals surface area (Å²) in [4.78, 5) is 19.7. The summed E-state index contributed by atoms with van der Waals surface area (Å²) in [5.74, 6) is 0.548. The number of carbonyl (C=O) groups is 1. The Labute approximate surface area is 90.9 Å². The van der Waals surface area contributed by atoms with E-state index in [0.29, 0.717) is 19.0 Å². The summed E-state index contributed by atoms with van der Waals surface area (Å²) in [5.41, 5.74) is 5.26. The minimum atomic E-state index is -0.588. The van der Waals surface area contributed by atoms with Crippen LogP contribution in [0.1, 0.15) is 20.8 Å². The van der Waals surface area contributed by atoms with Crippen LogP contribution in [0.15, 0.2) is 4.99 Å². The first-order chi connectivity index (χ1) is 6.91. The topological polar surface area (TPSA) is 61.9 Å². The van der Waals surface area contributed by atoms with Gasteiger partial charge in [0.2, 0.25) is 5.91 Å². The molecule has 0 aliphatic carbocycles. The van der Waals surface area contributed by atoms with E-state index in [0.717, 1.165) is 6.54 Å². The quantitative estimate of drug-likeness (QED) is 0.486. The number of nitrogens with zero attached hydrogens (tertiary/aromatic N) is 3. The molecule has 2 N–H and O–H groups in total. The fraction of sp³-hybridized carbons (Fsp3) is 0.800. The molecular weight excluding hydrogens is 192 g/mol. The number of nitrogens with two attached hydrogens (primary N) is 1. The summed E-state index contributed by atoms with van der Waals surface area (Å²) in [7, 11) is 1.81. The Morgan fingerprint density at radius 1 is 1.53 bits per heavy atom. The van der Waals surface area contributed by atoms with Gasteiger partial charge in [-0.3, -0.25) is 9.79 Å². The van der Waals surface area contributed by atoms with E-state index in [9.17, 15) is 4.79 Å². The lowest BCUT2D eigenvalue weighted by atomic mass is 9.98. The Hall–Kier alpha value is -1.26. The van der Waals surface area contributed by atoms with Crippen LogP contribution in [0.4, 0.5) is 0 Å². The zero-order chi connectivity index (χ0) is 11.6. The molecule has 0 atom stereocenters. The number of piperazine rings is 1. The van der Waals surface area contributed by atoms with Gasteiger partial charge < -0.3 is 15.5 Å². The van der Waals surface area contributed by atoms with Crippen molar-refractivity contribution in [2.45, 2.75) is 26.3 Å². The fourth-order valence-electron chi connectivity index (χ4n) is 1.86. The van der Waals surface area contributed by atoms with E-state index in [2.05, 4.69) is 4.99 Å². The van der Waals surface area contributed by atoms with Crippen LogP contribution in [-0.2, 0) is 4.79 Å². The van der Waals surface area contributed by atoms with Gasteiger partial charge in [0.05, 0.1) is 0 Å². The van der Waals surface area contributed by atoms with Crippen LogP contribution < -0.4 is 5.73 Å². The Kier molecular flexibility index (Phi) is 3.21. The number of guanidine groups is 1. The molecule has 1 aliphatic heterocycles. The molecule has 0 aromatic carbocycles. The minimum absolute atomic E-state index is 0.0861. The monoisotopic (exact) mass is 212 g/mol. The first-order valence-electron chi connectivity index (χ1n) is 5.24. The second kappa shape index (κ2) is 4.08. The van der Waals surface area contributed by atoms with Crippen LogP contribution in [-0.4, -0.2) is 53.9 Å². The Morgan fingerprint density at radius 2 is 2.13 bits per heavy atom. The number of likely N-dealkylation sites (N-methyl/N-ethyl adjacent to an activating group) is 1. The second-order valence-electron chi connectivity index (χ2n) is 4.27. The standard InChI is InChI=1S/C10H20N4O/c1-5-12-9(11)14-7-6-13(4)8(15)10(14,2)3/h5-7H2,1-4H3,(H2,11,12). The third kappa shape index (κ3) is 2.06. The van der Waals surface area contributed by atoms with Gasteiger partial charge >= 0.3 is 0 Å². The highest BCUT2D eigenvalue weighted by Gasteiger charge is 2.41. The first kappa shape index (κ1) is 11.8. The molecule has 0 saturated carbocycles. The Morgan fingerprint density at radius 3 is 2.67 bits per heavy atom. The molecule has 15 heavy (non-hydrogen) atoms. The molecular formula is C10H20N4O. The van der Waals surface area contributed by atoms with Gasteiger partial charge in [-0.25, -0.2) is 0 Å². The largest absolute Gasteiger partial charge is 0.370 e. The zero-order valence-corrected chi connectivity index (χ0v) is 9.95. The van der Waals surface area contributed by atoms with Crippen molar-refractivity contribution < 1.29 is 4.79 Å². The molecule has 86 valence electrons. The fourth-order valence-corrected chi connectivity index (χ4v) is 1.86. The number of carbonyl (C=O) groups excluding carboxylic acids is 1. The van der Waals surface area contributed by atoms with Crippen molar-refractivity contribution in [2.75, 3.05) is 26.7 Å². The molecule has 1 amide bonds. The van der Waals surface area contributed by atoms with Gasteiger partial charge in [0, 0.05) is 26.7 Å². The maximum Gasteiger partial charge on any atom is 0.247 e. The first-order valence-corrected chi connectivity index (χ1v) is 5.24. The molecule has 0 aromatic rings. The molecule has 1 aliphatic rings. The van der Waals surface area contributed by atoms with E-state index in [1.807, 2.05) is 32.7 Å². The van der Waals surface area contributed by atoms with Gasteiger partial charge in [0.1, 0.15) is 5.54 Å². The third-order valence-electron chi connectivity index (χ3n) is 2.80. The normalized spacial score (nSPS) is 22.1. The van der Waals surface area contributed by atoms with Crippen molar-refractivity contribution >= 4 is 11.9 Å². The van der Waals surface area contributed by atoms with Gasteiger partial charge in [0.25, 0.3) is 0 Å². The zero-order valence-electron chi connectivity index (χ0n) is 9.95. The van der Waals surface area contributed by atoms with Crippen LogP contribution in [0.25, 0.3) is 0 Å². The molecule has 1 saturated heterocycles. The molecule has 5 heteroatoms. The lowest BCUT2D eigenvalue weighted by Gasteiger charge is -2.45. The predicted molar refractivity (Wildman–Crippen MR) is 60.6 cm³/mol. The average molecular weight is 212 g/mol. The third-order valence-corrected chi connectivity index (χ3v) is 2.80. The lowest BCUT2D eigenvalue weighted by Crippen LogP contribution is -2.65. The lowest BCUT2D eigenvalue weighted by molar-refractivity contribution is -0.143. The maximum absolute atomic E-state index is 11.9. The number of hydrogen-bond donors (Lipinski definition) is 1. The van der Waals surface area contributed by atoms with Gasteiger partial charge in [-0.2, -0.15) is 0 Å². The van der Waals surface area contributed by atoms with Crippen molar-refractivity contribution in [1.29, 1.82) is 0 Å². The highest BCUT2D eigenvalue weighted by atomic mass is 16.2. The van der Waals surface area contributed by atoms with E-state index < -0.39 is 5.54 Å². The number of amides is 1. The van der Waals surface area contributed by atoms with Gasteiger partial charge in [-0.1, -0.05) is 0 Å². The highest BCUT2D eigenvalue weighted by molar-refractivity contribution is 5.92. The number of aliphatic imine (C=N–C) groups is 1. The summed E-state index contributed by atoms with van der Waals surface area (Å²) in [5, 5.41) is 0. The van der Waals surface area contributed by atoms with Crippen molar-refractivity contribution in [3.8, 4) is 0 Å². The predicted octanol–water partition coefficient (Wildman–Crippen LogP) is -0.126. The summed E-state index contributed by atoms with van der Waals surface area (Å²) in [6.07, 6.45) is 0. The van der Waals surface area contributed by atoms with Gasteiger partial charge in [0.15, 0.2) is 5.96 Å². The molecule has 5 nitrogen and oxygen atoms in total. The number of rotatable bonds is 1. The van der Waals surface area contributed by atoms with E-state index in [1.165, 1.54) is 0 Å². The van der Waals surface area contributed by atoms with Gasteiger partial charge in [-0.05, 0) is 20.8 Å². The van der Waals surface area contributed by atoms with Crippen molar-refractivity contribution in [3.63, 3.8) is 0 Å². The van der Waals surface area contributed by atoms with E-state index in [4.69, 9.17) is 5.73 Å². The second-order valence-corrected chi connectivity index (χ2v) is 4.27. The Balaban J connectivity index is 2.92. The summed E-state index contributed by atoms with van der Waals surface area (Å²) >= 11 is 0. The SMILES string of the molecule is CCN=C(N)N1CCN(C)C(=O)C1(C)C. The summed E-state index contributed by atoms with van der Waals surface area (Å²) < 4.78 is 0. The van der Waals surface area contributed by atoms with Crippen LogP contribution in [0, 0.1) is 0 Å². The Bertz CT molecular complexity index is 285. The van der Waals surface area contributed by atoms with Gasteiger partial charge in [-0.15, -0.1) is 0 Å². The van der Waals surface area contributed by atoms with Crippen LogP contribution in [0.3, 0.4) is 0 Å². The molecule has 0 bridgehead atoms. The minimum Gasteiger partial charge on any atom is -0.370 e. The molecule has 0 radical (unpaired) electrons. The summed E-state index contributed by atoms with van der Waals surface area (Å²) in [6.45, 7) is 7.76. The van der Waals surface area contributed by atoms with E-state index in [1.54, 1.807) is 4.90 Å². The smallest absolute Gasteiger partial charge is 0.247 e. The molecule has 1 heterocycles. The number of hydrogen-bond acceptors (Lipinski definition) is 2. The van der Waals surface area contributed by atoms with E-state index in [-0.39, 0.29) is 5.91 Å². The van der Waals surface area contributed by atoms with Crippen LogP contribution >= 0.6 is 0 Å². The molecule has 0 unspecified atom stereocenters. The van der Waals surface area contributed by atoms with Crippen molar-refractivity contribution in [3.05, 3.63) is 0 Å². The molecule has 0 spiro atoms. The van der Waals surface area contributed by atoms with Crippen molar-refractivity contribution in [2.24, 2.45) is 10.7 Å². The highest BCUT2D eigenvalue weighted by Crippen LogP contribution is 2.20.